The number of aliphatic hydroxyl groups is 1. The van der Waals surface area contributed by atoms with Crippen LogP contribution in [0.1, 0.15) is 452 Å². The number of phosphoric ester groups is 2. The predicted molar refractivity (Wildman–Crippen MR) is 428 cm³/mol. The lowest BCUT2D eigenvalue weighted by Gasteiger charge is -2.21. The highest BCUT2D eigenvalue weighted by atomic mass is 31.2. The summed E-state index contributed by atoms with van der Waals surface area (Å²) in [6, 6.07) is 0. The van der Waals surface area contributed by atoms with Crippen LogP contribution in [0.25, 0.3) is 0 Å². The minimum atomic E-state index is -4.97. The Morgan fingerprint density at radius 1 is 0.260 bits per heavy atom. The predicted octanol–water partition coefficient (Wildman–Crippen LogP) is 25.8. The van der Waals surface area contributed by atoms with Gasteiger partial charge in [0.2, 0.25) is 0 Å². The van der Waals surface area contributed by atoms with Gasteiger partial charge in [0.15, 0.2) is 12.2 Å². The van der Waals surface area contributed by atoms with Crippen molar-refractivity contribution in [1.82, 2.24) is 0 Å². The third-order valence-corrected chi connectivity index (χ3v) is 21.9. The molecule has 0 aromatic carbocycles. The second-order valence-electron chi connectivity index (χ2n) is 31.5. The number of hydrogen-bond acceptors (Lipinski definition) is 15. The zero-order valence-corrected chi connectivity index (χ0v) is 70.1. The Balaban J connectivity index is 5.26. The summed E-state index contributed by atoms with van der Waals surface area (Å²) in [4.78, 5) is 73.2. The fourth-order valence-corrected chi connectivity index (χ4v) is 14.8. The van der Waals surface area contributed by atoms with Crippen LogP contribution < -0.4 is 0 Å². The van der Waals surface area contributed by atoms with E-state index in [0.717, 1.165) is 102 Å². The Bertz CT molecular complexity index is 1990. The molecule has 0 aromatic heterocycles. The molecule has 0 aliphatic heterocycles. The van der Waals surface area contributed by atoms with Crippen molar-refractivity contribution < 1.29 is 80.2 Å². The normalized spacial score (nSPS) is 13.8. The smallest absolute Gasteiger partial charge is 0.462 e. The zero-order chi connectivity index (χ0) is 76.4. The molecule has 5 atom stereocenters. The molecular weight excluding hydrogens is 1350 g/mol. The number of unbranched alkanes of at least 4 members (excludes halogenated alkanes) is 54. The SMILES string of the molecule is CCCCCCCCCCCCCCCCCC(=O)O[C@H](COC(=O)CCCCCCCCCCCCCC)COP(=O)(O)OC[C@H](O)COP(=O)(O)OC[C@@H](COC(=O)CCCCCCCCCCCCCCCCCC(C)C)OC(=O)CCCCCCCCCCCCCCCCCCC(C)C. The van der Waals surface area contributed by atoms with E-state index >= 15 is 0 Å². The molecule has 0 aliphatic rings. The van der Waals surface area contributed by atoms with Crippen LogP contribution in [0.2, 0.25) is 0 Å². The second-order valence-corrected chi connectivity index (χ2v) is 34.4. The molecule has 0 rings (SSSR count). The molecule has 0 aromatic rings. The van der Waals surface area contributed by atoms with Gasteiger partial charge in [0, 0.05) is 25.7 Å². The van der Waals surface area contributed by atoms with Crippen molar-refractivity contribution in [3.63, 3.8) is 0 Å². The molecule has 17 nitrogen and oxygen atoms in total. The van der Waals surface area contributed by atoms with E-state index in [-0.39, 0.29) is 25.7 Å². The first-order valence-electron chi connectivity index (χ1n) is 44.0. The molecule has 0 radical (unpaired) electrons. The maximum atomic E-state index is 13.1. The monoisotopic (exact) mass is 1520 g/mol. The number of hydrogen-bond donors (Lipinski definition) is 3. The van der Waals surface area contributed by atoms with E-state index in [4.69, 9.17) is 37.0 Å². The molecule has 0 spiro atoms. The molecule has 2 unspecified atom stereocenters. The van der Waals surface area contributed by atoms with Crippen LogP contribution in [0.15, 0.2) is 0 Å². The standard InChI is InChI=1S/C85H166O17P2/c1-7-9-11-13-15-17-19-21-25-33-39-45-51-57-63-69-84(89)101-80(73-95-82(87)67-61-55-49-43-37-20-18-16-14-12-10-8-2)75-99-103(91,92)97-71-79(86)72-98-104(93,94)100-76-81(74-96-83(88)68-62-56-50-44-38-32-29-24-27-31-36-42-48-54-60-66-78(5)6)102-85(90)70-64-58-52-46-40-34-28-23-22-26-30-35-41-47-53-59-65-77(3)4/h77-81,86H,7-76H2,1-6H3,(H,91,92)(H,93,94)/t79-,80+,81+/m0/s1. The van der Waals surface area contributed by atoms with E-state index in [1.165, 1.54) is 270 Å². The Hall–Kier alpha value is -1.94. The first kappa shape index (κ1) is 102. The van der Waals surface area contributed by atoms with Crippen LogP contribution in [0.5, 0.6) is 0 Å². The van der Waals surface area contributed by atoms with Gasteiger partial charge in [-0.3, -0.25) is 37.3 Å². The Kier molecular flexibility index (Phi) is 75.0. The van der Waals surface area contributed by atoms with Crippen molar-refractivity contribution in [2.75, 3.05) is 39.6 Å². The summed E-state index contributed by atoms with van der Waals surface area (Å²) in [5.41, 5.74) is 0. The highest BCUT2D eigenvalue weighted by Gasteiger charge is 2.30. The summed E-state index contributed by atoms with van der Waals surface area (Å²) >= 11 is 0. The second kappa shape index (κ2) is 76.4. The van der Waals surface area contributed by atoms with Gasteiger partial charge in [0.1, 0.15) is 19.3 Å². The summed E-state index contributed by atoms with van der Waals surface area (Å²) in [7, 11) is -9.93. The fourth-order valence-electron chi connectivity index (χ4n) is 13.2. The summed E-state index contributed by atoms with van der Waals surface area (Å²) in [6.07, 6.45) is 67.8. The van der Waals surface area contributed by atoms with Crippen molar-refractivity contribution in [2.45, 2.75) is 471 Å². The van der Waals surface area contributed by atoms with Crippen molar-refractivity contribution in [1.29, 1.82) is 0 Å². The van der Waals surface area contributed by atoms with Crippen LogP contribution in [0.4, 0.5) is 0 Å². The van der Waals surface area contributed by atoms with Gasteiger partial charge in [0.05, 0.1) is 26.4 Å². The van der Waals surface area contributed by atoms with Gasteiger partial charge in [0.25, 0.3) is 0 Å². The van der Waals surface area contributed by atoms with Crippen molar-refractivity contribution >= 4 is 39.5 Å². The number of carbonyl (C=O) groups excluding carboxylic acids is 4. The van der Waals surface area contributed by atoms with Crippen LogP contribution in [0.3, 0.4) is 0 Å². The van der Waals surface area contributed by atoms with E-state index in [9.17, 15) is 43.2 Å². The molecule has 0 saturated carbocycles. The van der Waals surface area contributed by atoms with Gasteiger partial charge in [-0.25, -0.2) is 9.13 Å². The summed E-state index contributed by atoms with van der Waals surface area (Å²) in [5.74, 6) is -0.485. The van der Waals surface area contributed by atoms with Crippen molar-refractivity contribution in [3.05, 3.63) is 0 Å². The number of ether oxygens (including phenoxy) is 4. The largest absolute Gasteiger partial charge is 0.472 e. The molecule has 618 valence electrons. The average molecular weight is 1520 g/mol. The van der Waals surface area contributed by atoms with E-state index in [2.05, 4.69) is 41.5 Å². The summed E-state index contributed by atoms with van der Waals surface area (Å²) in [5, 5.41) is 10.7. The van der Waals surface area contributed by atoms with Gasteiger partial charge in [-0.05, 0) is 37.5 Å². The van der Waals surface area contributed by atoms with Gasteiger partial charge in [-0.2, -0.15) is 0 Å². The highest BCUT2D eigenvalue weighted by Crippen LogP contribution is 2.45. The van der Waals surface area contributed by atoms with Crippen LogP contribution in [-0.2, 0) is 65.4 Å². The van der Waals surface area contributed by atoms with Gasteiger partial charge < -0.3 is 33.8 Å². The van der Waals surface area contributed by atoms with Crippen LogP contribution >= 0.6 is 15.6 Å². The maximum Gasteiger partial charge on any atom is 0.472 e. The molecule has 19 heteroatoms. The van der Waals surface area contributed by atoms with E-state index in [1.54, 1.807) is 0 Å². The minimum Gasteiger partial charge on any atom is -0.462 e. The number of carbonyl (C=O) groups is 4. The van der Waals surface area contributed by atoms with Crippen LogP contribution in [0, 0.1) is 11.8 Å². The highest BCUT2D eigenvalue weighted by molar-refractivity contribution is 7.47. The average Bonchev–Trinajstić information content (AvgIpc) is 0.908. The van der Waals surface area contributed by atoms with E-state index in [0.29, 0.717) is 25.7 Å². The molecule has 0 saturated heterocycles. The molecule has 104 heavy (non-hydrogen) atoms. The third kappa shape index (κ3) is 78.2. The Labute approximate surface area is 638 Å². The molecule has 0 aliphatic carbocycles. The lowest BCUT2D eigenvalue weighted by Crippen LogP contribution is -2.30. The summed E-state index contributed by atoms with van der Waals surface area (Å²) < 4.78 is 68.9. The fraction of sp³-hybridized carbons (Fsp3) is 0.953. The molecule has 3 N–H and O–H groups in total. The van der Waals surface area contributed by atoms with Crippen molar-refractivity contribution in [3.8, 4) is 0 Å². The lowest BCUT2D eigenvalue weighted by molar-refractivity contribution is -0.161. The van der Waals surface area contributed by atoms with Gasteiger partial charge in [-0.15, -0.1) is 0 Å². The third-order valence-electron chi connectivity index (χ3n) is 20.0. The van der Waals surface area contributed by atoms with Crippen LogP contribution in [-0.4, -0.2) is 96.7 Å². The van der Waals surface area contributed by atoms with E-state index in [1.807, 2.05) is 0 Å². The van der Waals surface area contributed by atoms with E-state index < -0.39 is 97.5 Å². The number of aliphatic hydroxyl groups excluding tert-OH is 1. The maximum absolute atomic E-state index is 13.1. The number of rotatable bonds is 84. The van der Waals surface area contributed by atoms with Gasteiger partial charge in [-0.1, -0.05) is 401 Å². The number of phosphoric acid groups is 2. The lowest BCUT2D eigenvalue weighted by atomic mass is 10.0. The first-order chi connectivity index (χ1) is 50.4. The minimum absolute atomic E-state index is 0.109. The first-order valence-corrected chi connectivity index (χ1v) is 47.0. The van der Waals surface area contributed by atoms with Gasteiger partial charge >= 0.3 is 39.5 Å². The molecule has 0 heterocycles. The molecule has 0 bridgehead atoms. The summed E-state index contributed by atoms with van der Waals surface area (Å²) in [6.45, 7) is 9.73. The Morgan fingerprint density at radius 2 is 0.442 bits per heavy atom. The molecular formula is C85H166O17P2. The topological polar surface area (TPSA) is 237 Å². The molecule has 0 amide bonds. The zero-order valence-electron chi connectivity index (χ0n) is 68.3. The quantitative estimate of drug-likeness (QED) is 0.0222. The number of esters is 4. The van der Waals surface area contributed by atoms with Crippen molar-refractivity contribution in [2.24, 2.45) is 11.8 Å². The Morgan fingerprint density at radius 3 is 0.654 bits per heavy atom. The molecule has 0 fully saturated rings.